The Morgan fingerprint density at radius 2 is 2.15 bits per heavy atom. The second-order valence-electron chi connectivity index (χ2n) is 5.65. The SMILES string of the molecule is CC(C)N(C[C@@H]1CCNC1)C(=O)OCc1ccccc1. The Morgan fingerprint density at radius 1 is 1.40 bits per heavy atom. The van der Waals surface area contributed by atoms with Crippen LogP contribution in [0.3, 0.4) is 0 Å². The zero-order valence-electron chi connectivity index (χ0n) is 12.3. The van der Waals surface area contributed by atoms with E-state index in [-0.39, 0.29) is 12.1 Å². The highest BCUT2D eigenvalue weighted by molar-refractivity contribution is 5.68. The van der Waals surface area contributed by atoms with Crippen molar-refractivity contribution in [2.24, 2.45) is 5.92 Å². The lowest BCUT2D eigenvalue weighted by molar-refractivity contribution is 0.0801. The molecule has 0 bridgehead atoms. The Kier molecular flexibility index (Phi) is 5.41. The first-order valence-electron chi connectivity index (χ1n) is 7.35. The van der Waals surface area contributed by atoms with Crippen molar-refractivity contribution in [1.82, 2.24) is 10.2 Å². The number of carbonyl (C=O) groups excluding carboxylic acids is 1. The Labute approximate surface area is 121 Å². The number of amides is 1. The van der Waals surface area contributed by atoms with Crippen LogP contribution in [0.5, 0.6) is 0 Å². The minimum absolute atomic E-state index is 0.166. The minimum atomic E-state index is -0.212. The van der Waals surface area contributed by atoms with Crippen LogP contribution < -0.4 is 5.32 Å². The second-order valence-corrected chi connectivity index (χ2v) is 5.65. The van der Waals surface area contributed by atoms with Crippen molar-refractivity contribution < 1.29 is 9.53 Å². The van der Waals surface area contributed by atoms with Crippen molar-refractivity contribution >= 4 is 6.09 Å². The summed E-state index contributed by atoms with van der Waals surface area (Å²) in [7, 11) is 0. The van der Waals surface area contributed by atoms with Crippen LogP contribution >= 0.6 is 0 Å². The summed E-state index contributed by atoms with van der Waals surface area (Å²) in [5.41, 5.74) is 1.02. The normalized spacial score (nSPS) is 18.2. The van der Waals surface area contributed by atoms with E-state index in [1.807, 2.05) is 49.1 Å². The molecule has 1 heterocycles. The van der Waals surface area contributed by atoms with Crippen LogP contribution in [-0.4, -0.2) is 36.7 Å². The largest absolute Gasteiger partial charge is 0.445 e. The van der Waals surface area contributed by atoms with E-state index in [4.69, 9.17) is 4.74 Å². The van der Waals surface area contributed by atoms with Gasteiger partial charge in [0.05, 0.1) is 0 Å². The van der Waals surface area contributed by atoms with E-state index in [1.54, 1.807) is 0 Å². The van der Waals surface area contributed by atoms with Gasteiger partial charge in [-0.15, -0.1) is 0 Å². The van der Waals surface area contributed by atoms with Gasteiger partial charge in [0.15, 0.2) is 0 Å². The van der Waals surface area contributed by atoms with E-state index in [0.29, 0.717) is 12.5 Å². The van der Waals surface area contributed by atoms with Gasteiger partial charge >= 0.3 is 6.09 Å². The summed E-state index contributed by atoms with van der Waals surface area (Å²) < 4.78 is 5.43. The standard InChI is InChI=1S/C16H24N2O2/c1-13(2)18(11-15-8-9-17-10-15)16(19)20-12-14-6-4-3-5-7-14/h3-7,13,15,17H,8-12H2,1-2H3/t15-/m1/s1. The molecule has 4 nitrogen and oxygen atoms in total. The molecule has 110 valence electrons. The summed E-state index contributed by atoms with van der Waals surface area (Å²) in [6.45, 7) is 7.23. The zero-order chi connectivity index (χ0) is 14.4. The van der Waals surface area contributed by atoms with Crippen LogP contribution in [0.1, 0.15) is 25.8 Å². The van der Waals surface area contributed by atoms with E-state index >= 15 is 0 Å². The summed E-state index contributed by atoms with van der Waals surface area (Å²) >= 11 is 0. The number of ether oxygens (including phenoxy) is 1. The number of nitrogens with one attached hydrogen (secondary N) is 1. The Balaban J connectivity index is 1.86. The number of nitrogens with zero attached hydrogens (tertiary/aromatic N) is 1. The Morgan fingerprint density at radius 3 is 2.75 bits per heavy atom. The molecule has 1 aliphatic rings. The van der Waals surface area contributed by atoms with Crippen molar-refractivity contribution in [1.29, 1.82) is 0 Å². The molecule has 20 heavy (non-hydrogen) atoms. The summed E-state index contributed by atoms with van der Waals surface area (Å²) in [5.74, 6) is 0.543. The maximum absolute atomic E-state index is 12.2. The minimum Gasteiger partial charge on any atom is -0.445 e. The molecule has 0 saturated carbocycles. The molecule has 0 aromatic heterocycles. The van der Waals surface area contributed by atoms with Gasteiger partial charge in [-0.25, -0.2) is 4.79 Å². The number of hydrogen-bond acceptors (Lipinski definition) is 3. The molecule has 1 saturated heterocycles. The molecule has 1 aromatic rings. The molecule has 1 atom stereocenters. The number of carbonyl (C=O) groups is 1. The fourth-order valence-electron chi connectivity index (χ4n) is 2.45. The average molecular weight is 276 g/mol. The molecule has 0 radical (unpaired) electrons. The van der Waals surface area contributed by atoms with Gasteiger partial charge in [0.1, 0.15) is 6.61 Å². The maximum atomic E-state index is 12.2. The van der Waals surface area contributed by atoms with Gasteiger partial charge in [0.25, 0.3) is 0 Å². The monoisotopic (exact) mass is 276 g/mol. The van der Waals surface area contributed by atoms with Gasteiger partial charge < -0.3 is 15.0 Å². The molecule has 1 aliphatic heterocycles. The zero-order valence-corrected chi connectivity index (χ0v) is 12.3. The van der Waals surface area contributed by atoms with Gasteiger partial charge in [-0.1, -0.05) is 30.3 Å². The molecule has 0 aliphatic carbocycles. The van der Waals surface area contributed by atoms with Crippen LogP contribution in [0.2, 0.25) is 0 Å². The van der Waals surface area contributed by atoms with Gasteiger partial charge in [-0.3, -0.25) is 0 Å². The molecular formula is C16H24N2O2. The van der Waals surface area contributed by atoms with Crippen molar-refractivity contribution in [3.8, 4) is 0 Å². The van der Waals surface area contributed by atoms with Gasteiger partial charge in [0.2, 0.25) is 0 Å². The van der Waals surface area contributed by atoms with Gasteiger partial charge in [0, 0.05) is 12.6 Å². The first kappa shape index (κ1) is 14.9. The number of hydrogen-bond donors (Lipinski definition) is 1. The van der Waals surface area contributed by atoms with Crippen LogP contribution in [0, 0.1) is 5.92 Å². The highest BCUT2D eigenvalue weighted by atomic mass is 16.6. The first-order chi connectivity index (χ1) is 9.66. The lowest BCUT2D eigenvalue weighted by Crippen LogP contribution is -2.41. The van der Waals surface area contributed by atoms with Crippen LogP contribution in [0.4, 0.5) is 4.79 Å². The van der Waals surface area contributed by atoms with E-state index in [1.165, 1.54) is 0 Å². The smallest absolute Gasteiger partial charge is 0.410 e. The van der Waals surface area contributed by atoms with E-state index in [9.17, 15) is 4.79 Å². The number of benzene rings is 1. The van der Waals surface area contributed by atoms with E-state index < -0.39 is 0 Å². The third-order valence-corrected chi connectivity index (χ3v) is 3.68. The lowest BCUT2D eigenvalue weighted by Gasteiger charge is -2.28. The third kappa shape index (κ3) is 4.23. The van der Waals surface area contributed by atoms with Crippen molar-refractivity contribution in [3.05, 3.63) is 35.9 Å². The molecule has 1 aromatic carbocycles. The molecule has 1 N–H and O–H groups in total. The first-order valence-corrected chi connectivity index (χ1v) is 7.35. The highest BCUT2D eigenvalue weighted by Gasteiger charge is 2.24. The number of rotatable bonds is 5. The van der Waals surface area contributed by atoms with E-state index in [2.05, 4.69) is 5.32 Å². The molecule has 1 amide bonds. The van der Waals surface area contributed by atoms with Gasteiger partial charge in [-0.05, 0) is 44.8 Å². The van der Waals surface area contributed by atoms with E-state index in [0.717, 1.165) is 31.6 Å². The molecule has 0 spiro atoms. The van der Waals surface area contributed by atoms with Crippen LogP contribution in [0.15, 0.2) is 30.3 Å². The molecule has 4 heteroatoms. The van der Waals surface area contributed by atoms with Gasteiger partial charge in [-0.2, -0.15) is 0 Å². The molecule has 2 rings (SSSR count). The Hall–Kier alpha value is -1.55. The summed E-state index contributed by atoms with van der Waals surface area (Å²) in [4.78, 5) is 14.1. The summed E-state index contributed by atoms with van der Waals surface area (Å²) in [6.07, 6.45) is 0.922. The highest BCUT2D eigenvalue weighted by Crippen LogP contribution is 2.14. The Bertz CT molecular complexity index is 414. The molecular weight excluding hydrogens is 252 g/mol. The molecule has 1 fully saturated rings. The quantitative estimate of drug-likeness (QED) is 0.899. The molecule has 0 unspecified atom stereocenters. The fourth-order valence-corrected chi connectivity index (χ4v) is 2.45. The van der Waals surface area contributed by atoms with Crippen molar-refractivity contribution in [2.45, 2.75) is 32.9 Å². The van der Waals surface area contributed by atoms with Crippen LogP contribution in [0.25, 0.3) is 0 Å². The lowest BCUT2D eigenvalue weighted by atomic mass is 10.1. The van der Waals surface area contributed by atoms with Crippen molar-refractivity contribution in [2.75, 3.05) is 19.6 Å². The fraction of sp³-hybridized carbons (Fsp3) is 0.562. The van der Waals surface area contributed by atoms with Crippen molar-refractivity contribution in [3.63, 3.8) is 0 Å². The summed E-state index contributed by atoms with van der Waals surface area (Å²) in [6, 6.07) is 9.96. The third-order valence-electron chi connectivity index (χ3n) is 3.68. The second kappa shape index (κ2) is 7.29. The van der Waals surface area contributed by atoms with Crippen LogP contribution in [-0.2, 0) is 11.3 Å². The summed E-state index contributed by atoms with van der Waals surface area (Å²) in [5, 5.41) is 3.33. The predicted molar refractivity (Wildman–Crippen MR) is 79.4 cm³/mol. The maximum Gasteiger partial charge on any atom is 0.410 e. The predicted octanol–water partition coefficient (Wildman–Crippen LogP) is 2.64. The average Bonchev–Trinajstić information content (AvgIpc) is 2.96. The topological polar surface area (TPSA) is 41.6 Å².